The molecule has 1 aromatic heterocycles. The smallest absolute Gasteiger partial charge is 0.129 e. The molecule has 84 valence electrons. The fraction of sp³-hybridized carbons (Fsp3) is 0.143. The highest BCUT2D eigenvalue weighted by atomic mass is 16.5. The summed E-state index contributed by atoms with van der Waals surface area (Å²) in [6, 6.07) is 9.55. The molecule has 0 aliphatic carbocycles. The summed E-state index contributed by atoms with van der Waals surface area (Å²) in [5.41, 5.74) is 3.62. The molecule has 3 heteroatoms. The monoisotopic (exact) mass is 224 g/mol. The largest absolute Gasteiger partial charge is 0.496 e. The van der Waals surface area contributed by atoms with E-state index in [9.17, 15) is 0 Å². The Morgan fingerprint density at radius 2 is 2.06 bits per heavy atom. The van der Waals surface area contributed by atoms with Gasteiger partial charge in [-0.2, -0.15) is 5.26 Å². The van der Waals surface area contributed by atoms with Gasteiger partial charge >= 0.3 is 0 Å². The molecule has 0 aliphatic heterocycles. The molecule has 0 bridgehead atoms. The van der Waals surface area contributed by atoms with Crippen molar-refractivity contribution in [1.29, 1.82) is 5.26 Å². The van der Waals surface area contributed by atoms with E-state index in [0.29, 0.717) is 5.56 Å². The molecule has 0 saturated heterocycles. The Balaban J connectivity index is 2.64. The average Bonchev–Trinajstić information content (AvgIpc) is 2.39. The van der Waals surface area contributed by atoms with Crippen LogP contribution in [0.25, 0.3) is 11.1 Å². The number of methoxy groups -OCH3 is 1. The summed E-state index contributed by atoms with van der Waals surface area (Å²) in [7, 11) is 1.63. The first-order valence-electron chi connectivity index (χ1n) is 5.25. The summed E-state index contributed by atoms with van der Waals surface area (Å²) in [4.78, 5) is 4.10. The van der Waals surface area contributed by atoms with Gasteiger partial charge in [0.25, 0.3) is 0 Å². The Morgan fingerprint density at radius 3 is 2.76 bits per heavy atom. The van der Waals surface area contributed by atoms with Gasteiger partial charge < -0.3 is 4.74 Å². The van der Waals surface area contributed by atoms with E-state index < -0.39 is 0 Å². The van der Waals surface area contributed by atoms with E-state index in [1.54, 1.807) is 19.5 Å². The standard InChI is InChI=1S/C14H12N2O/c1-10-3-4-11(8-15)7-12(10)13-9-16-6-5-14(13)17-2/h3-7,9H,1-2H3. The molecule has 0 amide bonds. The Hall–Kier alpha value is -2.34. The summed E-state index contributed by atoms with van der Waals surface area (Å²) >= 11 is 0. The topological polar surface area (TPSA) is 45.9 Å². The van der Waals surface area contributed by atoms with E-state index in [1.165, 1.54) is 0 Å². The zero-order valence-electron chi connectivity index (χ0n) is 9.77. The molecule has 1 aromatic carbocycles. The second kappa shape index (κ2) is 4.67. The third-order valence-corrected chi connectivity index (χ3v) is 2.66. The second-order valence-electron chi connectivity index (χ2n) is 3.72. The Morgan fingerprint density at radius 1 is 1.24 bits per heavy atom. The van der Waals surface area contributed by atoms with Crippen molar-refractivity contribution in [3.63, 3.8) is 0 Å². The van der Waals surface area contributed by atoms with Crippen LogP contribution in [0.4, 0.5) is 0 Å². The number of aryl methyl sites for hydroxylation is 1. The zero-order valence-corrected chi connectivity index (χ0v) is 9.77. The van der Waals surface area contributed by atoms with Gasteiger partial charge in [-0.05, 0) is 36.2 Å². The van der Waals surface area contributed by atoms with Crippen molar-refractivity contribution in [1.82, 2.24) is 4.98 Å². The Labute approximate surface area is 100 Å². The van der Waals surface area contributed by atoms with Crippen molar-refractivity contribution in [3.8, 4) is 22.9 Å². The molecule has 3 nitrogen and oxygen atoms in total. The van der Waals surface area contributed by atoms with Gasteiger partial charge in [-0.15, -0.1) is 0 Å². The third kappa shape index (κ3) is 2.11. The quantitative estimate of drug-likeness (QED) is 0.787. The second-order valence-corrected chi connectivity index (χ2v) is 3.72. The fourth-order valence-corrected chi connectivity index (χ4v) is 1.74. The molecule has 0 N–H and O–H groups in total. The maximum atomic E-state index is 8.93. The minimum atomic E-state index is 0.636. The maximum absolute atomic E-state index is 8.93. The highest BCUT2D eigenvalue weighted by Gasteiger charge is 2.08. The molecular formula is C14H12N2O. The maximum Gasteiger partial charge on any atom is 0.129 e. The predicted molar refractivity (Wildman–Crippen MR) is 65.7 cm³/mol. The van der Waals surface area contributed by atoms with Crippen LogP contribution >= 0.6 is 0 Å². The summed E-state index contributed by atoms with van der Waals surface area (Å²) in [5, 5.41) is 8.93. The van der Waals surface area contributed by atoms with Crippen LogP contribution < -0.4 is 4.74 Å². The number of nitrogens with zero attached hydrogens (tertiary/aromatic N) is 2. The first-order valence-corrected chi connectivity index (χ1v) is 5.25. The SMILES string of the molecule is COc1ccncc1-c1cc(C#N)ccc1C. The number of pyridine rings is 1. The van der Waals surface area contributed by atoms with Crippen LogP contribution in [0, 0.1) is 18.3 Å². The number of rotatable bonds is 2. The van der Waals surface area contributed by atoms with Crippen molar-refractivity contribution in [2.75, 3.05) is 7.11 Å². The number of ether oxygens (including phenoxy) is 1. The highest BCUT2D eigenvalue weighted by Crippen LogP contribution is 2.31. The first kappa shape index (κ1) is 11.2. The van der Waals surface area contributed by atoms with Crippen LogP contribution in [-0.2, 0) is 0 Å². The summed E-state index contributed by atoms with van der Waals surface area (Å²) < 4.78 is 5.31. The highest BCUT2D eigenvalue weighted by molar-refractivity contribution is 5.73. The molecular weight excluding hydrogens is 212 g/mol. The number of aromatic nitrogens is 1. The van der Waals surface area contributed by atoms with E-state index in [-0.39, 0.29) is 0 Å². The molecule has 1 heterocycles. The van der Waals surface area contributed by atoms with Gasteiger partial charge in [0.05, 0.1) is 18.7 Å². The molecule has 0 spiro atoms. The normalized spacial score (nSPS) is 9.71. The van der Waals surface area contributed by atoms with E-state index >= 15 is 0 Å². The van der Waals surface area contributed by atoms with E-state index in [1.807, 2.05) is 31.2 Å². The number of nitriles is 1. The minimum Gasteiger partial charge on any atom is -0.496 e. The van der Waals surface area contributed by atoms with Gasteiger partial charge in [0.15, 0.2) is 0 Å². The van der Waals surface area contributed by atoms with E-state index in [0.717, 1.165) is 22.4 Å². The third-order valence-electron chi connectivity index (χ3n) is 2.66. The lowest BCUT2D eigenvalue weighted by Gasteiger charge is -2.10. The van der Waals surface area contributed by atoms with Gasteiger partial charge in [-0.1, -0.05) is 6.07 Å². The van der Waals surface area contributed by atoms with Crippen molar-refractivity contribution in [2.45, 2.75) is 6.92 Å². The van der Waals surface area contributed by atoms with Crippen LogP contribution in [0.2, 0.25) is 0 Å². The lowest BCUT2D eigenvalue weighted by Crippen LogP contribution is -1.91. The van der Waals surface area contributed by atoms with Crippen molar-refractivity contribution < 1.29 is 4.74 Å². The molecule has 0 unspecified atom stereocenters. The average molecular weight is 224 g/mol. The van der Waals surface area contributed by atoms with Crippen LogP contribution in [-0.4, -0.2) is 12.1 Å². The van der Waals surface area contributed by atoms with Crippen LogP contribution in [0.5, 0.6) is 5.75 Å². The van der Waals surface area contributed by atoms with E-state index in [4.69, 9.17) is 10.00 Å². The number of hydrogen-bond acceptors (Lipinski definition) is 3. The summed E-state index contributed by atoms with van der Waals surface area (Å²) in [6.07, 6.45) is 3.44. The van der Waals surface area contributed by atoms with Gasteiger partial charge in [-0.25, -0.2) is 0 Å². The Kier molecular flexibility index (Phi) is 3.06. The summed E-state index contributed by atoms with van der Waals surface area (Å²) in [6.45, 7) is 2.00. The molecule has 2 aromatic rings. The van der Waals surface area contributed by atoms with Crippen LogP contribution in [0.15, 0.2) is 36.7 Å². The lowest BCUT2D eigenvalue weighted by atomic mass is 9.99. The minimum absolute atomic E-state index is 0.636. The summed E-state index contributed by atoms with van der Waals surface area (Å²) in [5.74, 6) is 0.762. The van der Waals surface area contributed by atoms with Crippen molar-refractivity contribution in [3.05, 3.63) is 47.8 Å². The van der Waals surface area contributed by atoms with Crippen LogP contribution in [0.1, 0.15) is 11.1 Å². The van der Waals surface area contributed by atoms with Crippen molar-refractivity contribution >= 4 is 0 Å². The lowest BCUT2D eigenvalue weighted by molar-refractivity contribution is 0.416. The van der Waals surface area contributed by atoms with Gasteiger partial charge in [-0.3, -0.25) is 4.98 Å². The van der Waals surface area contributed by atoms with Crippen molar-refractivity contribution in [2.24, 2.45) is 0 Å². The molecule has 2 rings (SSSR count). The number of benzene rings is 1. The van der Waals surface area contributed by atoms with Gasteiger partial charge in [0.2, 0.25) is 0 Å². The number of hydrogen-bond donors (Lipinski definition) is 0. The van der Waals surface area contributed by atoms with Crippen LogP contribution in [0.3, 0.4) is 0 Å². The predicted octanol–water partition coefficient (Wildman–Crippen LogP) is 2.94. The molecule has 0 radical (unpaired) electrons. The fourth-order valence-electron chi connectivity index (χ4n) is 1.74. The molecule has 17 heavy (non-hydrogen) atoms. The molecule has 0 fully saturated rings. The molecule has 0 saturated carbocycles. The molecule has 0 aliphatic rings. The van der Waals surface area contributed by atoms with E-state index in [2.05, 4.69) is 11.1 Å². The van der Waals surface area contributed by atoms with Gasteiger partial charge in [0.1, 0.15) is 5.75 Å². The van der Waals surface area contributed by atoms with Gasteiger partial charge in [0, 0.05) is 18.0 Å². The zero-order chi connectivity index (χ0) is 12.3. The molecule has 0 atom stereocenters. The Bertz CT molecular complexity index is 585. The first-order chi connectivity index (χ1) is 8.26.